The molecule has 0 fully saturated rings. The average Bonchev–Trinajstić information content (AvgIpc) is 2.71. The van der Waals surface area contributed by atoms with Crippen molar-refractivity contribution in [3.8, 4) is 11.5 Å². The lowest BCUT2D eigenvalue weighted by atomic mass is 10.0. The minimum absolute atomic E-state index is 0.105. The summed E-state index contributed by atoms with van der Waals surface area (Å²) < 4.78 is 78.2. The van der Waals surface area contributed by atoms with E-state index in [1.54, 1.807) is 13.8 Å². The number of anilines is 1. The summed E-state index contributed by atoms with van der Waals surface area (Å²) in [6, 6.07) is 3.22. The van der Waals surface area contributed by atoms with Gasteiger partial charge in [0.05, 0.1) is 5.60 Å². The number of aliphatic hydroxyl groups is 1. The highest BCUT2D eigenvalue weighted by molar-refractivity contribution is 6.00. The summed E-state index contributed by atoms with van der Waals surface area (Å²) in [5.41, 5.74) is -3.32. The fourth-order valence-electron chi connectivity index (χ4n) is 2.83. The van der Waals surface area contributed by atoms with Crippen LogP contribution >= 0.6 is 0 Å². The molecule has 0 saturated heterocycles. The van der Waals surface area contributed by atoms with Gasteiger partial charge in [0, 0.05) is 25.1 Å². The number of rotatable bonds is 6. The summed E-state index contributed by atoms with van der Waals surface area (Å²) in [6.07, 6.45) is -7.97. The van der Waals surface area contributed by atoms with E-state index in [4.69, 9.17) is 0 Å². The van der Waals surface area contributed by atoms with Gasteiger partial charge < -0.3 is 10.4 Å². The summed E-state index contributed by atoms with van der Waals surface area (Å²) in [7, 11) is 0. The first-order chi connectivity index (χ1) is 15.2. The van der Waals surface area contributed by atoms with Crippen LogP contribution in [0.2, 0.25) is 0 Å². The molecule has 13 heteroatoms. The van der Waals surface area contributed by atoms with Crippen LogP contribution < -0.4 is 5.32 Å². The maximum atomic E-state index is 13.1. The molecule has 2 aromatic heterocycles. The van der Waals surface area contributed by atoms with Gasteiger partial charge in [-0.15, -0.1) is 0 Å². The Morgan fingerprint density at radius 1 is 0.970 bits per heavy atom. The molecule has 33 heavy (non-hydrogen) atoms. The molecule has 0 atom stereocenters. The summed E-state index contributed by atoms with van der Waals surface area (Å²) in [6.45, 7) is 3.02. The van der Waals surface area contributed by atoms with E-state index in [9.17, 15) is 31.4 Å². The van der Waals surface area contributed by atoms with Gasteiger partial charge in [0.25, 0.3) is 0 Å². The highest BCUT2D eigenvalue weighted by Gasteiger charge is 2.35. The van der Waals surface area contributed by atoms with Crippen molar-refractivity contribution in [2.75, 3.05) is 11.9 Å². The van der Waals surface area contributed by atoms with Crippen molar-refractivity contribution in [1.29, 1.82) is 0 Å². The lowest BCUT2D eigenvalue weighted by molar-refractivity contribution is -0.141. The van der Waals surface area contributed by atoms with Crippen molar-refractivity contribution in [2.45, 2.75) is 51.1 Å². The average molecular weight is 474 g/mol. The van der Waals surface area contributed by atoms with Crippen LogP contribution in [-0.2, 0) is 12.6 Å². The normalized spacial score (nSPS) is 15.2. The van der Waals surface area contributed by atoms with Gasteiger partial charge in [0.1, 0.15) is 22.9 Å². The van der Waals surface area contributed by atoms with Crippen molar-refractivity contribution in [1.82, 2.24) is 19.9 Å². The minimum Gasteiger partial charge on any atom is -0.390 e. The molecule has 1 aliphatic heterocycles. The van der Waals surface area contributed by atoms with Gasteiger partial charge in [-0.05, 0) is 38.5 Å². The van der Waals surface area contributed by atoms with Crippen LogP contribution in [0.1, 0.15) is 38.2 Å². The van der Waals surface area contributed by atoms with Gasteiger partial charge in [-0.25, -0.2) is 9.97 Å². The summed E-state index contributed by atoms with van der Waals surface area (Å²) in [4.78, 5) is 19.4. The van der Waals surface area contributed by atoms with Crippen LogP contribution in [0.25, 0.3) is 11.5 Å². The molecule has 0 bridgehead atoms. The van der Waals surface area contributed by atoms with Crippen LogP contribution in [0.5, 0.6) is 0 Å². The largest absolute Gasteiger partial charge is 0.433 e. The lowest BCUT2D eigenvalue weighted by Crippen LogP contribution is -2.25. The quantitative estimate of drug-likeness (QED) is 0.604. The highest BCUT2D eigenvalue weighted by atomic mass is 19.4. The summed E-state index contributed by atoms with van der Waals surface area (Å²) >= 11 is 0. The second-order valence-electron chi connectivity index (χ2n) is 7.93. The topological polar surface area (TPSA) is 96.2 Å². The number of allylic oxidation sites excluding steroid dienone is 1. The number of halogens is 6. The number of alkyl halides is 6. The zero-order valence-electron chi connectivity index (χ0n) is 17.6. The second kappa shape index (κ2) is 9.04. The molecule has 1 aliphatic rings. The molecule has 2 N–H and O–H groups in total. The Morgan fingerprint density at radius 3 is 2.33 bits per heavy atom. The molecule has 0 aromatic carbocycles. The van der Waals surface area contributed by atoms with Gasteiger partial charge in [-0.1, -0.05) is 6.07 Å². The molecule has 0 unspecified atom stereocenters. The standard InChI is InChI=1S/C20H20F6N6O/c1-18(2,33)8-6-15-30-16(12-4-3-5-13(29-12)19(21,22)23)32-17(31-15)28-11-7-9-27-14(10-11)20(24,25)26/h3-5,10,33H,6-9H2,1-2H3,(H,28,30,31,32). The third kappa shape index (κ3) is 6.94. The Bertz CT molecular complexity index is 1070. The van der Waals surface area contributed by atoms with Crippen molar-refractivity contribution >= 4 is 11.7 Å². The van der Waals surface area contributed by atoms with E-state index in [0.29, 0.717) is 0 Å². The molecule has 0 radical (unpaired) electrons. The van der Waals surface area contributed by atoms with Gasteiger partial charge in [0.15, 0.2) is 5.82 Å². The van der Waals surface area contributed by atoms with E-state index in [2.05, 4.69) is 30.2 Å². The Morgan fingerprint density at radius 2 is 1.70 bits per heavy atom. The molecular weight excluding hydrogens is 454 g/mol. The van der Waals surface area contributed by atoms with E-state index in [0.717, 1.165) is 18.2 Å². The van der Waals surface area contributed by atoms with Gasteiger partial charge in [-0.3, -0.25) is 4.99 Å². The number of aliphatic imine (C=N–C) groups is 1. The molecule has 2 aromatic rings. The third-order valence-corrected chi connectivity index (χ3v) is 4.45. The first-order valence-electron chi connectivity index (χ1n) is 9.82. The van der Waals surface area contributed by atoms with Crippen molar-refractivity contribution < 1.29 is 31.4 Å². The number of hydrogen-bond acceptors (Lipinski definition) is 7. The Labute approximate surface area is 184 Å². The van der Waals surface area contributed by atoms with Crippen molar-refractivity contribution in [3.63, 3.8) is 0 Å². The maximum absolute atomic E-state index is 13.1. The fourth-order valence-corrected chi connectivity index (χ4v) is 2.83. The van der Waals surface area contributed by atoms with Crippen LogP contribution in [0, 0.1) is 0 Å². The Kier molecular flexibility index (Phi) is 6.73. The van der Waals surface area contributed by atoms with Crippen LogP contribution in [-0.4, -0.2) is 49.1 Å². The lowest BCUT2D eigenvalue weighted by Gasteiger charge is -2.18. The number of pyridine rings is 1. The number of nitrogens with one attached hydrogen (secondary N) is 1. The third-order valence-electron chi connectivity index (χ3n) is 4.45. The van der Waals surface area contributed by atoms with E-state index < -0.39 is 29.4 Å². The molecule has 178 valence electrons. The van der Waals surface area contributed by atoms with E-state index >= 15 is 0 Å². The molecule has 0 spiro atoms. The smallest absolute Gasteiger partial charge is 0.390 e. The van der Waals surface area contributed by atoms with Crippen LogP contribution in [0.4, 0.5) is 32.3 Å². The summed E-state index contributed by atoms with van der Waals surface area (Å²) in [5.74, 6) is -0.213. The van der Waals surface area contributed by atoms with Gasteiger partial charge in [0.2, 0.25) is 5.95 Å². The van der Waals surface area contributed by atoms with Crippen molar-refractivity contribution in [3.05, 3.63) is 41.5 Å². The second-order valence-corrected chi connectivity index (χ2v) is 7.93. The monoisotopic (exact) mass is 474 g/mol. The zero-order chi connectivity index (χ0) is 24.4. The fraction of sp³-hybridized carbons (Fsp3) is 0.450. The molecule has 3 heterocycles. The van der Waals surface area contributed by atoms with Crippen LogP contribution in [0.15, 0.2) is 35.0 Å². The van der Waals surface area contributed by atoms with Gasteiger partial charge in [-0.2, -0.15) is 36.3 Å². The minimum atomic E-state index is -4.69. The van der Waals surface area contributed by atoms with E-state index in [-0.39, 0.29) is 54.8 Å². The highest BCUT2D eigenvalue weighted by Crippen LogP contribution is 2.29. The zero-order valence-corrected chi connectivity index (χ0v) is 17.6. The first-order valence-corrected chi connectivity index (χ1v) is 9.82. The number of dihydropyridines is 1. The van der Waals surface area contributed by atoms with Crippen molar-refractivity contribution in [2.24, 2.45) is 4.99 Å². The first kappa shape index (κ1) is 24.6. The molecule has 3 rings (SSSR count). The molecule has 0 saturated carbocycles. The molecular formula is C20H20F6N6O. The Hall–Kier alpha value is -3.09. The van der Waals surface area contributed by atoms with E-state index in [1.807, 2.05) is 0 Å². The molecule has 7 nitrogen and oxygen atoms in total. The number of hydrogen-bond donors (Lipinski definition) is 2. The summed E-state index contributed by atoms with van der Waals surface area (Å²) in [5, 5.41) is 12.7. The van der Waals surface area contributed by atoms with Gasteiger partial charge >= 0.3 is 12.4 Å². The molecule has 0 aliphatic carbocycles. The number of nitrogens with zero attached hydrogens (tertiary/aromatic N) is 5. The SMILES string of the molecule is CC(C)(O)CCc1nc(NC2=CC(C(F)(F)F)=NCC2)nc(-c2cccc(C(F)(F)F)n2)n1. The van der Waals surface area contributed by atoms with Crippen LogP contribution in [0.3, 0.4) is 0 Å². The number of aryl methyl sites for hydroxylation is 1. The maximum Gasteiger partial charge on any atom is 0.433 e. The van der Waals surface area contributed by atoms with E-state index in [1.165, 1.54) is 6.07 Å². The molecule has 0 amide bonds. The predicted molar refractivity (Wildman–Crippen MR) is 107 cm³/mol. The number of aromatic nitrogens is 4. The predicted octanol–water partition coefficient (Wildman–Crippen LogP) is 4.36. The Balaban J connectivity index is 1.98.